The van der Waals surface area contributed by atoms with Crippen molar-refractivity contribution in [3.63, 3.8) is 0 Å². The molecule has 1 aromatic rings. The van der Waals surface area contributed by atoms with Crippen molar-refractivity contribution in [2.24, 2.45) is 0 Å². The molecule has 1 fully saturated rings. The maximum Gasteiger partial charge on any atom is 0.154 e. The zero-order valence-corrected chi connectivity index (χ0v) is 11.4. The highest BCUT2D eigenvalue weighted by molar-refractivity contribution is 7.91. The van der Waals surface area contributed by atoms with Crippen LogP contribution in [0.15, 0.2) is 24.3 Å². The molecule has 2 rings (SSSR count). The minimum atomic E-state index is -3.10. The van der Waals surface area contributed by atoms with E-state index in [1.807, 2.05) is 38.1 Å². The Balaban J connectivity index is 2.09. The molecule has 5 heteroatoms. The number of hydrogen-bond donors (Lipinski definition) is 2. The van der Waals surface area contributed by atoms with Crippen LogP contribution in [0.3, 0.4) is 0 Å². The number of sulfone groups is 1. The number of nitrogens with one attached hydrogen (secondary N) is 1. The summed E-state index contributed by atoms with van der Waals surface area (Å²) in [6.07, 6.45) is -0.804. The second-order valence-electron chi connectivity index (χ2n) is 5.00. The first-order valence-corrected chi connectivity index (χ1v) is 7.91. The van der Waals surface area contributed by atoms with Gasteiger partial charge in [0.1, 0.15) is 0 Å². The third-order valence-electron chi connectivity index (χ3n) is 3.44. The largest absolute Gasteiger partial charge is 0.390 e. The summed E-state index contributed by atoms with van der Waals surface area (Å²) >= 11 is 0. The summed E-state index contributed by atoms with van der Waals surface area (Å²) in [5.74, 6) is -0.116. The molecule has 0 amide bonds. The summed E-state index contributed by atoms with van der Waals surface area (Å²) in [5.41, 5.74) is 2.29. The van der Waals surface area contributed by atoms with Crippen molar-refractivity contribution >= 4 is 9.84 Å². The third kappa shape index (κ3) is 2.91. The van der Waals surface area contributed by atoms with E-state index in [1.165, 1.54) is 0 Å². The van der Waals surface area contributed by atoms with Gasteiger partial charge in [-0.3, -0.25) is 0 Å². The van der Waals surface area contributed by atoms with E-state index in [4.69, 9.17) is 0 Å². The average Bonchev–Trinajstić information content (AvgIpc) is 2.52. The molecule has 0 aliphatic carbocycles. The maximum absolute atomic E-state index is 11.4. The van der Waals surface area contributed by atoms with Crippen LogP contribution >= 0.6 is 0 Å². The van der Waals surface area contributed by atoms with Crippen molar-refractivity contribution in [1.82, 2.24) is 5.32 Å². The molecule has 1 aliphatic heterocycles. The Morgan fingerprint density at radius 2 is 2.00 bits per heavy atom. The Kier molecular flexibility index (Phi) is 3.75. The minimum absolute atomic E-state index is 0.0182. The van der Waals surface area contributed by atoms with Gasteiger partial charge in [-0.05, 0) is 25.0 Å². The van der Waals surface area contributed by atoms with Crippen molar-refractivity contribution < 1.29 is 13.5 Å². The Morgan fingerprint density at radius 3 is 2.56 bits per heavy atom. The predicted octanol–water partition coefficient (Wildman–Crippen LogP) is 0.804. The van der Waals surface area contributed by atoms with Crippen molar-refractivity contribution in [3.05, 3.63) is 35.4 Å². The van der Waals surface area contributed by atoms with Crippen molar-refractivity contribution in [1.29, 1.82) is 0 Å². The maximum atomic E-state index is 11.4. The minimum Gasteiger partial charge on any atom is -0.390 e. The molecule has 1 saturated heterocycles. The topological polar surface area (TPSA) is 66.4 Å². The van der Waals surface area contributed by atoms with Crippen LogP contribution in [0.25, 0.3) is 0 Å². The molecule has 0 aromatic heterocycles. The van der Waals surface area contributed by atoms with Crippen LogP contribution in [0.4, 0.5) is 0 Å². The van der Waals surface area contributed by atoms with E-state index in [-0.39, 0.29) is 23.6 Å². The quantitative estimate of drug-likeness (QED) is 0.852. The van der Waals surface area contributed by atoms with Gasteiger partial charge in [0.2, 0.25) is 0 Å². The molecule has 0 radical (unpaired) electrons. The second-order valence-corrected chi connectivity index (χ2v) is 7.15. The molecule has 0 spiro atoms. The Bertz CT molecular complexity index is 527. The van der Waals surface area contributed by atoms with Crippen LogP contribution in [0, 0.1) is 6.92 Å². The molecule has 18 heavy (non-hydrogen) atoms. The van der Waals surface area contributed by atoms with E-state index in [2.05, 4.69) is 5.32 Å². The SMILES string of the molecule is Cc1ccccc1[C@@H](C)NC1CS(=O)(=O)CC1O. The molecule has 3 atom stereocenters. The lowest BCUT2D eigenvalue weighted by Crippen LogP contribution is -2.40. The summed E-state index contributed by atoms with van der Waals surface area (Å²) < 4.78 is 22.9. The molecule has 100 valence electrons. The second kappa shape index (κ2) is 4.99. The van der Waals surface area contributed by atoms with Gasteiger partial charge in [-0.15, -0.1) is 0 Å². The van der Waals surface area contributed by atoms with Crippen LogP contribution in [0.5, 0.6) is 0 Å². The first-order valence-electron chi connectivity index (χ1n) is 6.09. The van der Waals surface area contributed by atoms with Gasteiger partial charge in [0.15, 0.2) is 9.84 Å². The lowest BCUT2D eigenvalue weighted by molar-refractivity contribution is 0.160. The number of rotatable bonds is 3. The van der Waals surface area contributed by atoms with E-state index in [9.17, 15) is 13.5 Å². The standard InChI is InChI=1S/C13H19NO3S/c1-9-5-3-4-6-11(9)10(2)14-12-7-18(16,17)8-13(12)15/h3-6,10,12-15H,7-8H2,1-2H3/t10-,12?,13?/m1/s1. The number of hydrogen-bond acceptors (Lipinski definition) is 4. The van der Waals surface area contributed by atoms with Gasteiger partial charge >= 0.3 is 0 Å². The van der Waals surface area contributed by atoms with Gasteiger partial charge in [0.05, 0.1) is 17.6 Å². The average molecular weight is 269 g/mol. The monoisotopic (exact) mass is 269 g/mol. The van der Waals surface area contributed by atoms with E-state index < -0.39 is 15.9 Å². The highest BCUT2D eigenvalue weighted by Gasteiger charge is 2.36. The van der Waals surface area contributed by atoms with Crippen LogP contribution in [0.1, 0.15) is 24.1 Å². The van der Waals surface area contributed by atoms with Gasteiger partial charge in [-0.25, -0.2) is 8.42 Å². The fourth-order valence-electron chi connectivity index (χ4n) is 2.47. The van der Waals surface area contributed by atoms with Gasteiger partial charge in [-0.1, -0.05) is 24.3 Å². The molecule has 0 saturated carbocycles. The lowest BCUT2D eigenvalue weighted by atomic mass is 10.0. The number of benzene rings is 1. The van der Waals surface area contributed by atoms with Gasteiger partial charge in [-0.2, -0.15) is 0 Å². The molecule has 2 N–H and O–H groups in total. The molecule has 4 nitrogen and oxygen atoms in total. The van der Waals surface area contributed by atoms with E-state index in [0.29, 0.717) is 0 Å². The normalized spacial score (nSPS) is 28.2. The predicted molar refractivity (Wildman–Crippen MR) is 71.2 cm³/mol. The Labute approximate surface area is 108 Å². The van der Waals surface area contributed by atoms with Gasteiger partial charge in [0.25, 0.3) is 0 Å². The van der Waals surface area contributed by atoms with E-state index in [0.717, 1.165) is 11.1 Å². The van der Waals surface area contributed by atoms with Crippen LogP contribution in [-0.4, -0.2) is 37.2 Å². The summed E-state index contributed by atoms with van der Waals surface area (Å²) in [4.78, 5) is 0. The summed E-state index contributed by atoms with van der Waals surface area (Å²) in [7, 11) is -3.10. The highest BCUT2D eigenvalue weighted by Crippen LogP contribution is 2.20. The molecule has 1 aliphatic rings. The van der Waals surface area contributed by atoms with Crippen molar-refractivity contribution in [2.75, 3.05) is 11.5 Å². The lowest BCUT2D eigenvalue weighted by Gasteiger charge is -2.22. The van der Waals surface area contributed by atoms with Gasteiger partial charge in [0, 0.05) is 12.1 Å². The number of aryl methyl sites for hydroxylation is 1. The molecule has 1 heterocycles. The third-order valence-corrected chi connectivity index (χ3v) is 5.16. The highest BCUT2D eigenvalue weighted by atomic mass is 32.2. The first-order chi connectivity index (χ1) is 8.39. The van der Waals surface area contributed by atoms with Crippen LogP contribution < -0.4 is 5.32 Å². The summed E-state index contributed by atoms with van der Waals surface area (Å²) in [6.45, 7) is 4.01. The van der Waals surface area contributed by atoms with E-state index in [1.54, 1.807) is 0 Å². The van der Waals surface area contributed by atoms with Crippen molar-refractivity contribution in [2.45, 2.75) is 32.0 Å². The molecule has 2 unspecified atom stereocenters. The fourth-order valence-corrected chi connectivity index (χ4v) is 4.23. The zero-order valence-electron chi connectivity index (χ0n) is 10.6. The van der Waals surface area contributed by atoms with Crippen LogP contribution in [0.2, 0.25) is 0 Å². The van der Waals surface area contributed by atoms with Crippen LogP contribution in [-0.2, 0) is 9.84 Å². The van der Waals surface area contributed by atoms with Crippen molar-refractivity contribution in [3.8, 4) is 0 Å². The summed E-state index contributed by atoms with van der Waals surface area (Å²) in [5, 5.41) is 13.0. The zero-order chi connectivity index (χ0) is 13.3. The first kappa shape index (κ1) is 13.5. The molecule has 1 aromatic carbocycles. The fraction of sp³-hybridized carbons (Fsp3) is 0.538. The number of aliphatic hydroxyl groups excluding tert-OH is 1. The molecular weight excluding hydrogens is 250 g/mol. The molecule has 0 bridgehead atoms. The summed E-state index contributed by atoms with van der Waals surface area (Å²) in [6, 6.07) is 7.63. The number of aliphatic hydroxyl groups is 1. The Morgan fingerprint density at radius 1 is 1.33 bits per heavy atom. The molecular formula is C13H19NO3S. The smallest absolute Gasteiger partial charge is 0.154 e. The van der Waals surface area contributed by atoms with Gasteiger partial charge < -0.3 is 10.4 Å². The Hall–Kier alpha value is -0.910. The van der Waals surface area contributed by atoms with E-state index >= 15 is 0 Å².